The van der Waals surface area contributed by atoms with Gasteiger partial charge in [-0.1, -0.05) is 32.1 Å². The SMILES string of the molecule is C#CCN(CCC)C(=O)NCC1(C(=O)O)CCCCC1. The molecule has 0 aromatic heterocycles. The lowest BCUT2D eigenvalue weighted by Crippen LogP contribution is -2.48. The number of carbonyl (C=O) groups is 2. The lowest BCUT2D eigenvalue weighted by molar-refractivity contribution is -0.150. The van der Waals surface area contributed by atoms with Crippen LogP contribution in [0.5, 0.6) is 0 Å². The van der Waals surface area contributed by atoms with Crippen LogP contribution in [-0.2, 0) is 4.79 Å². The number of carboxylic acid groups (broad SMARTS) is 1. The fraction of sp³-hybridized carbons (Fsp3) is 0.733. The number of amides is 2. The molecule has 112 valence electrons. The van der Waals surface area contributed by atoms with Crippen molar-refractivity contribution in [2.24, 2.45) is 5.41 Å². The van der Waals surface area contributed by atoms with E-state index in [1.54, 1.807) is 4.90 Å². The molecular weight excluding hydrogens is 256 g/mol. The highest BCUT2D eigenvalue weighted by atomic mass is 16.4. The van der Waals surface area contributed by atoms with E-state index in [1.165, 1.54) is 0 Å². The summed E-state index contributed by atoms with van der Waals surface area (Å²) in [6.07, 6.45) is 10.2. The van der Waals surface area contributed by atoms with Crippen molar-refractivity contribution < 1.29 is 14.7 Å². The van der Waals surface area contributed by atoms with Gasteiger partial charge in [-0.15, -0.1) is 6.42 Å². The van der Waals surface area contributed by atoms with Crippen LogP contribution in [0.3, 0.4) is 0 Å². The molecule has 0 aliphatic heterocycles. The Morgan fingerprint density at radius 3 is 2.50 bits per heavy atom. The van der Waals surface area contributed by atoms with Crippen molar-refractivity contribution in [3.8, 4) is 12.3 Å². The molecule has 0 aromatic rings. The maximum absolute atomic E-state index is 12.1. The van der Waals surface area contributed by atoms with Crippen LogP contribution in [0.15, 0.2) is 0 Å². The van der Waals surface area contributed by atoms with Crippen molar-refractivity contribution in [1.29, 1.82) is 0 Å². The predicted molar refractivity (Wildman–Crippen MR) is 77.2 cm³/mol. The summed E-state index contributed by atoms with van der Waals surface area (Å²) < 4.78 is 0. The first-order valence-corrected chi connectivity index (χ1v) is 7.25. The first kappa shape index (κ1) is 16.4. The van der Waals surface area contributed by atoms with E-state index in [0.717, 1.165) is 25.7 Å². The molecule has 0 aromatic carbocycles. The molecule has 5 heteroatoms. The average Bonchev–Trinajstić information content (AvgIpc) is 2.45. The fourth-order valence-electron chi connectivity index (χ4n) is 2.68. The zero-order chi connectivity index (χ0) is 15.0. The molecule has 2 amide bonds. The van der Waals surface area contributed by atoms with Crippen molar-refractivity contribution >= 4 is 12.0 Å². The Labute approximate surface area is 120 Å². The van der Waals surface area contributed by atoms with E-state index in [2.05, 4.69) is 11.2 Å². The Hall–Kier alpha value is -1.70. The van der Waals surface area contributed by atoms with Crippen LogP contribution >= 0.6 is 0 Å². The Morgan fingerprint density at radius 1 is 1.35 bits per heavy atom. The number of aliphatic carboxylic acids is 1. The van der Waals surface area contributed by atoms with Crippen LogP contribution in [0.1, 0.15) is 45.4 Å². The third-order valence-electron chi connectivity index (χ3n) is 3.91. The standard InChI is InChI=1S/C15H24N2O3/c1-3-10-17(11-4-2)14(20)16-12-15(13(18)19)8-6-5-7-9-15/h1H,4-12H2,2H3,(H,16,20)(H,18,19). The molecule has 0 unspecified atom stereocenters. The smallest absolute Gasteiger partial charge is 0.318 e. The van der Waals surface area contributed by atoms with E-state index >= 15 is 0 Å². The molecular formula is C15H24N2O3. The molecule has 0 radical (unpaired) electrons. The number of hydrogen-bond donors (Lipinski definition) is 2. The Bertz CT molecular complexity index is 381. The van der Waals surface area contributed by atoms with Crippen molar-refractivity contribution in [3.05, 3.63) is 0 Å². The minimum atomic E-state index is -0.809. The lowest BCUT2D eigenvalue weighted by atomic mass is 9.74. The summed E-state index contributed by atoms with van der Waals surface area (Å²) in [6, 6.07) is -0.268. The van der Waals surface area contributed by atoms with Crippen molar-refractivity contribution in [2.75, 3.05) is 19.6 Å². The van der Waals surface area contributed by atoms with E-state index in [4.69, 9.17) is 6.42 Å². The summed E-state index contributed by atoms with van der Waals surface area (Å²) >= 11 is 0. The van der Waals surface area contributed by atoms with Gasteiger partial charge < -0.3 is 15.3 Å². The minimum Gasteiger partial charge on any atom is -0.481 e. The number of nitrogens with zero attached hydrogens (tertiary/aromatic N) is 1. The van der Waals surface area contributed by atoms with Gasteiger partial charge in [0.2, 0.25) is 0 Å². The van der Waals surface area contributed by atoms with Crippen molar-refractivity contribution in [3.63, 3.8) is 0 Å². The van der Waals surface area contributed by atoms with Gasteiger partial charge >= 0.3 is 12.0 Å². The molecule has 20 heavy (non-hydrogen) atoms. The van der Waals surface area contributed by atoms with E-state index < -0.39 is 11.4 Å². The maximum Gasteiger partial charge on any atom is 0.318 e. The van der Waals surface area contributed by atoms with Crippen LogP contribution in [0.2, 0.25) is 0 Å². The van der Waals surface area contributed by atoms with E-state index in [1.807, 2.05) is 6.92 Å². The van der Waals surface area contributed by atoms with Gasteiger partial charge in [0.25, 0.3) is 0 Å². The van der Waals surface area contributed by atoms with Gasteiger partial charge in [-0.3, -0.25) is 4.79 Å². The second-order valence-corrected chi connectivity index (χ2v) is 5.43. The summed E-state index contributed by atoms with van der Waals surface area (Å²) in [5, 5.41) is 12.2. The highest BCUT2D eigenvalue weighted by molar-refractivity contribution is 5.78. The molecule has 2 N–H and O–H groups in total. The minimum absolute atomic E-state index is 0.186. The quantitative estimate of drug-likeness (QED) is 0.732. The van der Waals surface area contributed by atoms with E-state index in [-0.39, 0.29) is 19.1 Å². The molecule has 0 spiro atoms. The average molecular weight is 280 g/mol. The zero-order valence-corrected chi connectivity index (χ0v) is 12.2. The van der Waals surface area contributed by atoms with E-state index in [0.29, 0.717) is 19.4 Å². The number of urea groups is 1. The van der Waals surface area contributed by atoms with E-state index in [9.17, 15) is 14.7 Å². The molecule has 1 aliphatic rings. The van der Waals surface area contributed by atoms with Gasteiger partial charge in [-0.2, -0.15) is 0 Å². The number of carbonyl (C=O) groups excluding carboxylic acids is 1. The number of carboxylic acids is 1. The summed E-state index contributed by atoms with van der Waals surface area (Å²) in [6.45, 7) is 2.98. The molecule has 1 saturated carbocycles. The Morgan fingerprint density at radius 2 is 2.00 bits per heavy atom. The van der Waals surface area contributed by atoms with Gasteiger partial charge in [-0.05, 0) is 19.3 Å². The predicted octanol–water partition coefficient (Wildman–Crippen LogP) is 2.08. The lowest BCUT2D eigenvalue weighted by Gasteiger charge is -2.34. The first-order chi connectivity index (χ1) is 9.55. The molecule has 0 saturated heterocycles. The summed E-state index contributed by atoms with van der Waals surface area (Å²) in [4.78, 5) is 25.1. The summed E-state index contributed by atoms with van der Waals surface area (Å²) in [7, 11) is 0. The molecule has 0 atom stereocenters. The third-order valence-corrected chi connectivity index (χ3v) is 3.91. The molecule has 1 fully saturated rings. The van der Waals surface area contributed by atoms with Crippen LogP contribution in [-0.4, -0.2) is 41.6 Å². The molecule has 0 bridgehead atoms. The van der Waals surface area contributed by atoms with Crippen LogP contribution in [0.4, 0.5) is 4.79 Å². The number of hydrogen-bond acceptors (Lipinski definition) is 2. The Balaban J connectivity index is 2.60. The zero-order valence-electron chi connectivity index (χ0n) is 12.2. The molecule has 5 nitrogen and oxygen atoms in total. The maximum atomic E-state index is 12.1. The van der Waals surface area contributed by atoms with Crippen molar-refractivity contribution in [2.45, 2.75) is 45.4 Å². The fourth-order valence-corrected chi connectivity index (χ4v) is 2.68. The van der Waals surface area contributed by atoms with Gasteiger partial charge in [-0.25, -0.2) is 4.79 Å². The van der Waals surface area contributed by atoms with Crippen LogP contribution < -0.4 is 5.32 Å². The highest BCUT2D eigenvalue weighted by Gasteiger charge is 2.40. The normalized spacial score (nSPS) is 17.0. The molecule has 0 heterocycles. The number of nitrogens with one attached hydrogen (secondary N) is 1. The highest BCUT2D eigenvalue weighted by Crippen LogP contribution is 2.36. The molecule has 1 rings (SSSR count). The second kappa shape index (κ2) is 7.78. The summed E-state index contributed by atoms with van der Waals surface area (Å²) in [5.74, 6) is 1.64. The number of rotatable bonds is 6. The van der Waals surface area contributed by atoms with Gasteiger partial charge in [0.05, 0.1) is 12.0 Å². The topological polar surface area (TPSA) is 69.6 Å². The van der Waals surface area contributed by atoms with Gasteiger partial charge in [0.1, 0.15) is 0 Å². The largest absolute Gasteiger partial charge is 0.481 e. The third kappa shape index (κ3) is 4.16. The second-order valence-electron chi connectivity index (χ2n) is 5.43. The first-order valence-electron chi connectivity index (χ1n) is 7.25. The van der Waals surface area contributed by atoms with Crippen molar-refractivity contribution in [1.82, 2.24) is 10.2 Å². The van der Waals surface area contributed by atoms with Gasteiger partial charge in [0, 0.05) is 13.1 Å². The molecule has 1 aliphatic carbocycles. The number of terminal acetylenes is 1. The van der Waals surface area contributed by atoms with Gasteiger partial charge in [0.15, 0.2) is 0 Å². The van der Waals surface area contributed by atoms with Crippen LogP contribution in [0, 0.1) is 17.8 Å². The monoisotopic (exact) mass is 280 g/mol. The summed E-state index contributed by atoms with van der Waals surface area (Å²) in [5.41, 5.74) is -0.804. The van der Waals surface area contributed by atoms with Crippen LogP contribution in [0.25, 0.3) is 0 Å². The Kier molecular flexibility index (Phi) is 6.37.